The molecule has 0 aromatic carbocycles. The molecule has 0 amide bonds. The van der Waals surface area contributed by atoms with Crippen molar-refractivity contribution < 1.29 is 4.79 Å². The van der Waals surface area contributed by atoms with E-state index in [1.54, 1.807) is 10.6 Å². The van der Waals surface area contributed by atoms with Crippen LogP contribution in [-0.2, 0) is 0 Å². The highest BCUT2D eigenvalue weighted by Crippen LogP contribution is 2.13. The Morgan fingerprint density at radius 2 is 2.36 bits per heavy atom. The molecule has 2 rings (SSSR count). The third kappa shape index (κ3) is 1.26. The molecular weight excluding hydrogens is 204 g/mol. The maximum Gasteiger partial charge on any atom is 0.198 e. The first-order chi connectivity index (χ1) is 6.74. The van der Waals surface area contributed by atoms with Crippen molar-refractivity contribution in [2.75, 3.05) is 6.54 Å². The second-order valence-corrected chi connectivity index (χ2v) is 3.06. The third-order valence-corrected chi connectivity index (χ3v) is 2.11. The van der Waals surface area contributed by atoms with Gasteiger partial charge >= 0.3 is 0 Å². The number of imidazole rings is 1. The zero-order chi connectivity index (χ0) is 10.1. The third-order valence-electron chi connectivity index (χ3n) is 1.83. The Bertz CT molecular complexity index is 493. The summed E-state index contributed by atoms with van der Waals surface area (Å²) >= 11 is 5.82. The molecule has 2 aromatic heterocycles. The van der Waals surface area contributed by atoms with Crippen LogP contribution >= 0.6 is 11.6 Å². The lowest BCUT2D eigenvalue weighted by Crippen LogP contribution is -2.16. The average molecular weight is 211 g/mol. The van der Waals surface area contributed by atoms with Crippen molar-refractivity contribution in [3.63, 3.8) is 0 Å². The molecule has 2 heterocycles. The summed E-state index contributed by atoms with van der Waals surface area (Å²) in [5, 5.41) is 0.438. The molecule has 0 aliphatic heterocycles. The molecule has 2 aromatic rings. The van der Waals surface area contributed by atoms with Crippen LogP contribution in [0.1, 0.15) is 10.5 Å². The van der Waals surface area contributed by atoms with Gasteiger partial charge in [0.15, 0.2) is 17.1 Å². The number of nitrogens with zero attached hydrogens (tertiary/aromatic N) is 3. The molecule has 0 bridgehead atoms. The van der Waals surface area contributed by atoms with E-state index < -0.39 is 0 Å². The van der Waals surface area contributed by atoms with E-state index in [0.717, 1.165) is 0 Å². The number of carbonyl (C=O) groups is 1. The number of carbonyl (C=O) groups excluding carboxylic acids is 1. The molecule has 0 saturated heterocycles. The quantitative estimate of drug-likeness (QED) is 0.734. The topological polar surface area (TPSA) is 73.3 Å². The SMILES string of the molecule is NCC(=O)c1nccn2c(Cl)cnc12. The van der Waals surface area contributed by atoms with Crippen LogP contribution in [0.5, 0.6) is 0 Å². The molecule has 0 aliphatic carbocycles. The first kappa shape index (κ1) is 9.11. The minimum absolute atomic E-state index is 0.0862. The Kier molecular flexibility index (Phi) is 2.18. The zero-order valence-electron chi connectivity index (χ0n) is 7.14. The lowest BCUT2D eigenvalue weighted by Gasteiger charge is -1.99. The number of fused-ring (bicyclic) bond motifs is 1. The molecule has 0 radical (unpaired) electrons. The summed E-state index contributed by atoms with van der Waals surface area (Å²) in [4.78, 5) is 19.3. The average Bonchev–Trinajstić information content (AvgIpc) is 2.59. The number of halogens is 1. The van der Waals surface area contributed by atoms with Gasteiger partial charge in [-0.1, -0.05) is 11.6 Å². The van der Waals surface area contributed by atoms with E-state index >= 15 is 0 Å². The number of nitrogens with two attached hydrogens (primary N) is 1. The van der Waals surface area contributed by atoms with Gasteiger partial charge in [-0.25, -0.2) is 9.97 Å². The predicted octanol–water partition coefficient (Wildman–Crippen LogP) is 0.524. The van der Waals surface area contributed by atoms with Crippen LogP contribution < -0.4 is 5.73 Å². The van der Waals surface area contributed by atoms with Gasteiger partial charge < -0.3 is 5.73 Å². The number of aromatic nitrogens is 3. The predicted molar refractivity (Wildman–Crippen MR) is 51.4 cm³/mol. The molecule has 5 nitrogen and oxygen atoms in total. The van der Waals surface area contributed by atoms with E-state index in [0.29, 0.717) is 10.8 Å². The minimum atomic E-state index is -0.252. The molecule has 6 heteroatoms. The first-order valence-corrected chi connectivity index (χ1v) is 4.32. The zero-order valence-corrected chi connectivity index (χ0v) is 7.90. The van der Waals surface area contributed by atoms with Crippen LogP contribution in [0.25, 0.3) is 5.65 Å². The number of ketones is 1. The number of hydrogen-bond acceptors (Lipinski definition) is 4. The smallest absolute Gasteiger partial charge is 0.198 e. The Morgan fingerprint density at radius 1 is 1.57 bits per heavy atom. The van der Waals surface area contributed by atoms with Gasteiger partial charge in [0.1, 0.15) is 5.15 Å². The van der Waals surface area contributed by atoms with Crippen molar-refractivity contribution in [1.29, 1.82) is 0 Å². The van der Waals surface area contributed by atoms with Crippen LogP contribution in [0.2, 0.25) is 5.15 Å². The van der Waals surface area contributed by atoms with Crippen LogP contribution in [-0.4, -0.2) is 26.7 Å². The van der Waals surface area contributed by atoms with Gasteiger partial charge in [0.2, 0.25) is 0 Å². The molecule has 0 fully saturated rings. The monoisotopic (exact) mass is 210 g/mol. The summed E-state index contributed by atoms with van der Waals surface area (Å²) in [6, 6.07) is 0. The Labute approximate surface area is 84.5 Å². The second-order valence-electron chi connectivity index (χ2n) is 2.68. The van der Waals surface area contributed by atoms with Gasteiger partial charge in [0, 0.05) is 12.4 Å². The van der Waals surface area contributed by atoms with E-state index in [2.05, 4.69) is 9.97 Å². The Balaban J connectivity index is 2.71. The van der Waals surface area contributed by atoms with Crippen molar-refractivity contribution in [2.24, 2.45) is 5.73 Å². The van der Waals surface area contributed by atoms with Crippen molar-refractivity contribution in [3.8, 4) is 0 Å². The normalized spacial score (nSPS) is 10.7. The number of Topliss-reactive ketones (excluding diaryl/α,β-unsaturated/α-hetero) is 1. The van der Waals surface area contributed by atoms with Crippen LogP contribution in [0, 0.1) is 0 Å². The Morgan fingerprint density at radius 3 is 3.07 bits per heavy atom. The molecule has 0 unspecified atom stereocenters. The van der Waals surface area contributed by atoms with E-state index in [1.165, 1.54) is 12.4 Å². The highest BCUT2D eigenvalue weighted by molar-refractivity contribution is 6.29. The highest BCUT2D eigenvalue weighted by Gasteiger charge is 2.12. The first-order valence-electron chi connectivity index (χ1n) is 3.95. The molecule has 14 heavy (non-hydrogen) atoms. The van der Waals surface area contributed by atoms with Crippen LogP contribution in [0.3, 0.4) is 0 Å². The summed E-state index contributed by atoms with van der Waals surface area (Å²) in [5.74, 6) is -0.252. The second kappa shape index (κ2) is 3.36. The molecule has 0 aliphatic rings. The van der Waals surface area contributed by atoms with E-state index in [-0.39, 0.29) is 18.0 Å². The molecule has 0 saturated carbocycles. The minimum Gasteiger partial charge on any atom is -0.324 e. The fourth-order valence-electron chi connectivity index (χ4n) is 1.18. The summed E-state index contributed by atoms with van der Waals surface area (Å²) in [7, 11) is 0. The van der Waals surface area contributed by atoms with Crippen molar-refractivity contribution in [3.05, 3.63) is 29.4 Å². The van der Waals surface area contributed by atoms with E-state index in [1.807, 2.05) is 0 Å². The fraction of sp³-hybridized carbons (Fsp3) is 0.125. The highest BCUT2D eigenvalue weighted by atomic mass is 35.5. The molecule has 0 spiro atoms. The van der Waals surface area contributed by atoms with Gasteiger partial charge in [-0.05, 0) is 0 Å². The van der Waals surface area contributed by atoms with E-state index in [9.17, 15) is 4.79 Å². The van der Waals surface area contributed by atoms with Crippen molar-refractivity contribution >= 4 is 23.0 Å². The summed E-state index contributed by atoms with van der Waals surface area (Å²) < 4.78 is 1.58. The van der Waals surface area contributed by atoms with Crippen LogP contribution in [0.15, 0.2) is 18.6 Å². The van der Waals surface area contributed by atoms with Gasteiger partial charge in [-0.2, -0.15) is 0 Å². The lowest BCUT2D eigenvalue weighted by atomic mass is 10.3. The molecule has 0 atom stereocenters. The van der Waals surface area contributed by atoms with Crippen molar-refractivity contribution in [1.82, 2.24) is 14.4 Å². The van der Waals surface area contributed by atoms with E-state index in [4.69, 9.17) is 17.3 Å². The Hall–Kier alpha value is -1.46. The molecule has 2 N–H and O–H groups in total. The standard InChI is InChI=1S/C8H7ClN4O/c9-6-4-12-8-7(5(14)3-10)11-1-2-13(6)8/h1-2,4H,3,10H2. The summed E-state index contributed by atoms with van der Waals surface area (Å²) in [6.45, 7) is -0.0862. The maximum absolute atomic E-state index is 11.4. The maximum atomic E-state index is 11.4. The summed E-state index contributed by atoms with van der Waals surface area (Å²) in [6.07, 6.45) is 4.59. The summed E-state index contributed by atoms with van der Waals surface area (Å²) in [5.41, 5.74) is 5.93. The van der Waals surface area contributed by atoms with Gasteiger partial charge in [-0.15, -0.1) is 0 Å². The number of hydrogen-bond donors (Lipinski definition) is 1. The van der Waals surface area contributed by atoms with Gasteiger partial charge in [-0.3, -0.25) is 9.20 Å². The largest absolute Gasteiger partial charge is 0.324 e. The number of rotatable bonds is 2. The van der Waals surface area contributed by atoms with Gasteiger partial charge in [0.05, 0.1) is 12.7 Å². The van der Waals surface area contributed by atoms with Crippen molar-refractivity contribution in [2.45, 2.75) is 0 Å². The van der Waals surface area contributed by atoms with Crippen LogP contribution in [0.4, 0.5) is 0 Å². The van der Waals surface area contributed by atoms with Gasteiger partial charge in [0.25, 0.3) is 0 Å². The molecule has 72 valence electrons. The molecular formula is C8H7ClN4O. The fourth-order valence-corrected chi connectivity index (χ4v) is 1.37. The lowest BCUT2D eigenvalue weighted by molar-refractivity contribution is 0.0998.